The second kappa shape index (κ2) is 9.61. The first kappa shape index (κ1) is 21.8. The summed E-state index contributed by atoms with van der Waals surface area (Å²) >= 11 is 0. The molecule has 0 saturated heterocycles. The molecule has 0 bridgehead atoms. The lowest BCUT2D eigenvalue weighted by Gasteiger charge is -2.17. The summed E-state index contributed by atoms with van der Waals surface area (Å²) < 4.78 is 5.07. The van der Waals surface area contributed by atoms with Crippen molar-refractivity contribution in [1.82, 2.24) is 10.3 Å². The highest BCUT2D eigenvalue weighted by atomic mass is 16.5. The predicted molar refractivity (Wildman–Crippen MR) is 103 cm³/mol. The van der Waals surface area contributed by atoms with E-state index < -0.39 is 12.6 Å². The standard InChI is InChI=1S/C20H26N2O6/c1-4-28-20(27)19-17(11(2)26)18(16(22-19)7-21-3)13-6-5-12(8-23)14(9-24)15(13)10-25/h5-6,21-25H,4,7-10H2,1-3H3. The molecule has 0 unspecified atom stereocenters. The summed E-state index contributed by atoms with van der Waals surface area (Å²) in [6, 6.07) is 3.30. The lowest BCUT2D eigenvalue weighted by molar-refractivity contribution is 0.0517. The van der Waals surface area contributed by atoms with Crippen LogP contribution in [0.2, 0.25) is 0 Å². The van der Waals surface area contributed by atoms with Crippen molar-refractivity contribution >= 4 is 11.8 Å². The van der Waals surface area contributed by atoms with Crippen molar-refractivity contribution in [3.05, 3.63) is 45.8 Å². The first-order chi connectivity index (χ1) is 13.4. The van der Waals surface area contributed by atoms with Crippen LogP contribution in [-0.2, 0) is 31.1 Å². The van der Waals surface area contributed by atoms with Gasteiger partial charge in [-0.05, 0) is 43.1 Å². The molecule has 0 radical (unpaired) electrons. The number of benzene rings is 1. The Morgan fingerprint density at radius 1 is 1.11 bits per heavy atom. The molecule has 0 spiro atoms. The summed E-state index contributed by atoms with van der Waals surface area (Å²) in [6.07, 6.45) is 0. The number of hydrogen-bond acceptors (Lipinski definition) is 7. The summed E-state index contributed by atoms with van der Waals surface area (Å²) in [6.45, 7) is 2.43. The SMILES string of the molecule is CCOC(=O)c1[nH]c(CNC)c(-c2ccc(CO)c(CO)c2CO)c1C(C)=O. The summed E-state index contributed by atoms with van der Waals surface area (Å²) in [5.41, 5.74) is 3.03. The number of nitrogens with one attached hydrogen (secondary N) is 2. The smallest absolute Gasteiger partial charge is 0.355 e. The molecule has 0 amide bonds. The maximum atomic E-state index is 12.5. The van der Waals surface area contributed by atoms with Crippen LogP contribution >= 0.6 is 0 Å². The molecule has 0 aliphatic heterocycles. The van der Waals surface area contributed by atoms with Gasteiger partial charge in [0.05, 0.1) is 32.0 Å². The molecule has 1 aromatic carbocycles. The number of carbonyl (C=O) groups excluding carboxylic acids is 2. The van der Waals surface area contributed by atoms with E-state index in [1.54, 1.807) is 26.1 Å². The number of H-pyrrole nitrogens is 1. The summed E-state index contributed by atoms with van der Waals surface area (Å²) in [7, 11) is 1.73. The van der Waals surface area contributed by atoms with Crippen LogP contribution in [0.15, 0.2) is 12.1 Å². The Morgan fingerprint density at radius 2 is 1.79 bits per heavy atom. The minimum Gasteiger partial charge on any atom is -0.461 e. The van der Waals surface area contributed by atoms with Gasteiger partial charge in [0.2, 0.25) is 0 Å². The molecule has 5 N–H and O–H groups in total. The second-order valence-electron chi connectivity index (χ2n) is 6.24. The molecular weight excluding hydrogens is 364 g/mol. The first-order valence-electron chi connectivity index (χ1n) is 8.99. The van der Waals surface area contributed by atoms with E-state index in [0.717, 1.165) is 0 Å². The van der Waals surface area contributed by atoms with Crippen LogP contribution < -0.4 is 5.32 Å². The molecule has 8 nitrogen and oxygen atoms in total. The molecular formula is C20H26N2O6. The fourth-order valence-electron chi connectivity index (χ4n) is 3.37. The van der Waals surface area contributed by atoms with E-state index in [-0.39, 0.29) is 36.9 Å². The van der Waals surface area contributed by atoms with Gasteiger partial charge < -0.3 is 30.4 Å². The van der Waals surface area contributed by atoms with E-state index >= 15 is 0 Å². The Labute approximate surface area is 163 Å². The summed E-state index contributed by atoms with van der Waals surface area (Å²) in [5, 5.41) is 32.2. The van der Waals surface area contributed by atoms with E-state index in [9.17, 15) is 24.9 Å². The topological polar surface area (TPSA) is 132 Å². The lowest BCUT2D eigenvalue weighted by Crippen LogP contribution is -2.10. The number of ketones is 1. The maximum absolute atomic E-state index is 12.5. The number of rotatable bonds is 9. The van der Waals surface area contributed by atoms with Gasteiger partial charge in [-0.2, -0.15) is 0 Å². The van der Waals surface area contributed by atoms with Gasteiger partial charge in [0.15, 0.2) is 5.78 Å². The lowest BCUT2D eigenvalue weighted by atomic mass is 9.89. The molecule has 0 saturated carbocycles. The fraction of sp³-hybridized carbons (Fsp3) is 0.400. The third kappa shape index (κ3) is 4.00. The average molecular weight is 390 g/mol. The Morgan fingerprint density at radius 3 is 2.29 bits per heavy atom. The van der Waals surface area contributed by atoms with E-state index in [4.69, 9.17) is 4.74 Å². The third-order valence-corrected chi connectivity index (χ3v) is 4.55. The van der Waals surface area contributed by atoms with Crippen LogP contribution in [0.1, 0.15) is 57.1 Å². The van der Waals surface area contributed by atoms with E-state index in [1.807, 2.05) is 0 Å². The van der Waals surface area contributed by atoms with Gasteiger partial charge in [-0.25, -0.2) is 4.79 Å². The quantitative estimate of drug-likeness (QED) is 0.322. The highest BCUT2D eigenvalue weighted by molar-refractivity contribution is 6.10. The summed E-state index contributed by atoms with van der Waals surface area (Å²) in [5.74, 6) is -0.978. The fourth-order valence-corrected chi connectivity index (χ4v) is 3.37. The van der Waals surface area contributed by atoms with E-state index in [2.05, 4.69) is 10.3 Å². The van der Waals surface area contributed by atoms with Crippen molar-refractivity contribution in [2.75, 3.05) is 13.7 Å². The van der Waals surface area contributed by atoms with Crippen LogP contribution in [0.4, 0.5) is 0 Å². The Bertz CT molecular complexity index is 872. The van der Waals surface area contributed by atoms with Gasteiger partial charge in [-0.1, -0.05) is 12.1 Å². The summed E-state index contributed by atoms with van der Waals surface area (Å²) in [4.78, 5) is 27.8. The predicted octanol–water partition coefficient (Wildman–Crippen LogP) is 1.26. The molecule has 0 aliphatic rings. The number of carbonyl (C=O) groups is 2. The van der Waals surface area contributed by atoms with Crippen LogP contribution in [0.5, 0.6) is 0 Å². The van der Waals surface area contributed by atoms with Crippen molar-refractivity contribution in [2.24, 2.45) is 0 Å². The van der Waals surface area contributed by atoms with Gasteiger partial charge >= 0.3 is 5.97 Å². The van der Waals surface area contributed by atoms with Gasteiger partial charge in [0.1, 0.15) is 5.69 Å². The van der Waals surface area contributed by atoms with Crippen LogP contribution in [-0.4, -0.2) is 45.7 Å². The monoisotopic (exact) mass is 390 g/mol. The van der Waals surface area contributed by atoms with Crippen molar-refractivity contribution in [1.29, 1.82) is 0 Å². The van der Waals surface area contributed by atoms with Gasteiger partial charge in [0, 0.05) is 17.8 Å². The largest absolute Gasteiger partial charge is 0.461 e. The molecule has 8 heteroatoms. The minimum atomic E-state index is -0.642. The number of hydrogen-bond donors (Lipinski definition) is 5. The van der Waals surface area contributed by atoms with Crippen molar-refractivity contribution in [3.8, 4) is 11.1 Å². The number of aromatic nitrogens is 1. The Balaban J connectivity index is 2.87. The van der Waals surface area contributed by atoms with Gasteiger partial charge in [0.25, 0.3) is 0 Å². The van der Waals surface area contributed by atoms with Crippen LogP contribution in [0.25, 0.3) is 11.1 Å². The minimum absolute atomic E-state index is 0.0512. The third-order valence-electron chi connectivity index (χ3n) is 4.55. The normalized spacial score (nSPS) is 10.9. The Kier molecular flexibility index (Phi) is 7.47. The van der Waals surface area contributed by atoms with Crippen molar-refractivity contribution < 1.29 is 29.6 Å². The molecule has 2 aromatic rings. The highest BCUT2D eigenvalue weighted by Gasteiger charge is 2.28. The molecule has 152 valence electrons. The van der Waals surface area contributed by atoms with Crippen molar-refractivity contribution in [2.45, 2.75) is 40.2 Å². The molecule has 28 heavy (non-hydrogen) atoms. The number of esters is 1. The Hall–Kier alpha value is -2.52. The first-order valence-corrected chi connectivity index (χ1v) is 8.99. The number of aliphatic hydroxyl groups excluding tert-OH is 3. The maximum Gasteiger partial charge on any atom is 0.355 e. The zero-order valence-corrected chi connectivity index (χ0v) is 16.3. The van der Waals surface area contributed by atoms with E-state index in [0.29, 0.717) is 40.1 Å². The van der Waals surface area contributed by atoms with Crippen molar-refractivity contribution in [3.63, 3.8) is 0 Å². The number of aromatic amines is 1. The number of Topliss-reactive ketones (excluding diaryl/α,β-unsaturated/α-hetero) is 1. The zero-order chi connectivity index (χ0) is 20.8. The van der Waals surface area contributed by atoms with E-state index in [1.165, 1.54) is 6.92 Å². The average Bonchev–Trinajstić information content (AvgIpc) is 3.06. The number of ether oxygens (including phenoxy) is 1. The molecule has 0 fully saturated rings. The number of aliphatic hydroxyl groups is 3. The molecule has 2 rings (SSSR count). The van der Waals surface area contributed by atoms with Gasteiger partial charge in [-0.15, -0.1) is 0 Å². The molecule has 1 heterocycles. The van der Waals surface area contributed by atoms with Crippen LogP contribution in [0.3, 0.4) is 0 Å². The van der Waals surface area contributed by atoms with Crippen LogP contribution in [0, 0.1) is 0 Å². The zero-order valence-electron chi connectivity index (χ0n) is 16.3. The van der Waals surface area contributed by atoms with Gasteiger partial charge in [-0.3, -0.25) is 4.79 Å². The molecule has 0 aliphatic carbocycles. The molecule has 1 aromatic heterocycles. The second-order valence-corrected chi connectivity index (χ2v) is 6.24. The highest BCUT2D eigenvalue weighted by Crippen LogP contribution is 2.36. The molecule has 0 atom stereocenters.